The van der Waals surface area contributed by atoms with Crippen molar-refractivity contribution in [2.24, 2.45) is 5.73 Å². The molecular weight excluding hydrogens is 224 g/mol. The summed E-state index contributed by atoms with van der Waals surface area (Å²) in [5.74, 6) is 0. The maximum atomic E-state index is 11.2. The molecule has 0 saturated carbocycles. The smallest absolute Gasteiger partial charge is 0.150 e. The van der Waals surface area contributed by atoms with E-state index in [1.54, 1.807) is 12.4 Å². The Morgan fingerprint density at radius 3 is 2.72 bits per heavy atom. The zero-order chi connectivity index (χ0) is 12.8. The molecule has 90 valence electrons. The van der Waals surface area contributed by atoms with Gasteiger partial charge < -0.3 is 5.73 Å². The van der Waals surface area contributed by atoms with E-state index in [2.05, 4.69) is 4.98 Å². The quantitative estimate of drug-likeness (QED) is 0.656. The second-order valence-electron chi connectivity index (χ2n) is 3.86. The van der Waals surface area contributed by atoms with E-state index in [0.717, 1.165) is 23.0 Å². The van der Waals surface area contributed by atoms with E-state index in [1.807, 2.05) is 42.5 Å². The van der Waals surface area contributed by atoms with Crippen molar-refractivity contribution in [1.29, 1.82) is 0 Å². The molecule has 1 heterocycles. The van der Waals surface area contributed by atoms with E-state index < -0.39 is 0 Å². The van der Waals surface area contributed by atoms with Crippen molar-refractivity contribution in [2.75, 3.05) is 0 Å². The maximum Gasteiger partial charge on any atom is 0.150 e. The second kappa shape index (κ2) is 5.89. The van der Waals surface area contributed by atoms with Gasteiger partial charge >= 0.3 is 0 Å². The Balaban J connectivity index is 2.44. The predicted molar refractivity (Wildman–Crippen MR) is 72.5 cm³/mol. The third-order valence-corrected chi connectivity index (χ3v) is 2.71. The lowest BCUT2D eigenvalue weighted by Gasteiger charge is -2.04. The number of hydrogen-bond acceptors (Lipinski definition) is 3. The maximum absolute atomic E-state index is 11.2. The van der Waals surface area contributed by atoms with Crippen LogP contribution < -0.4 is 5.73 Å². The highest BCUT2D eigenvalue weighted by atomic mass is 16.1. The van der Waals surface area contributed by atoms with E-state index in [4.69, 9.17) is 5.73 Å². The fourth-order valence-corrected chi connectivity index (χ4v) is 1.75. The second-order valence-corrected chi connectivity index (χ2v) is 3.86. The first-order valence-corrected chi connectivity index (χ1v) is 5.70. The van der Waals surface area contributed by atoms with Gasteiger partial charge in [-0.15, -0.1) is 0 Å². The van der Waals surface area contributed by atoms with Crippen LogP contribution in [0.3, 0.4) is 0 Å². The molecule has 0 fully saturated rings. The van der Waals surface area contributed by atoms with Crippen molar-refractivity contribution in [1.82, 2.24) is 4.98 Å². The average Bonchev–Trinajstić information content (AvgIpc) is 2.46. The molecule has 0 aliphatic carbocycles. The Bertz CT molecular complexity index is 562. The molecule has 0 amide bonds. The summed E-state index contributed by atoms with van der Waals surface area (Å²) >= 11 is 0. The Labute approximate surface area is 106 Å². The molecule has 0 radical (unpaired) electrons. The Kier molecular flexibility index (Phi) is 3.99. The van der Waals surface area contributed by atoms with Crippen molar-refractivity contribution in [3.05, 3.63) is 65.5 Å². The third-order valence-electron chi connectivity index (χ3n) is 2.71. The van der Waals surface area contributed by atoms with Crippen LogP contribution in [0.5, 0.6) is 0 Å². The van der Waals surface area contributed by atoms with Gasteiger partial charge in [-0.2, -0.15) is 0 Å². The van der Waals surface area contributed by atoms with Gasteiger partial charge in [0.1, 0.15) is 0 Å². The normalized spacial score (nSPS) is 11.3. The van der Waals surface area contributed by atoms with Gasteiger partial charge in [-0.1, -0.05) is 30.3 Å². The molecule has 2 rings (SSSR count). The third kappa shape index (κ3) is 2.70. The van der Waals surface area contributed by atoms with Gasteiger partial charge in [-0.3, -0.25) is 9.78 Å². The topological polar surface area (TPSA) is 56.0 Å². The van der Waals surface area contributed by atoms with E-state index in [0.29, 0.717) is 12.1 Å². The zero-order valence-electron chi connectivity index (χ0n) is 9.91. The Hall–Kier alpha value is -2.26. The number of aromatic nitrogens is 1. The van der Waals surface area contributed by atoms with E-state index in [9.17, 15) is 4.79 Å². The monoisotopic (exact) mass is 238 g/mol. The lowest BCUT2D eigenvalue weighted by molar-refractivity contribution is -0.103. The molecule has 3 nitrogen and oxygen atoms in total. The number of rotatable bonds is 4. The summed E-state index contributed by atoms with van der Waals surface area (Å²) in [7, 11) is 0. The number of allylic oxidation sites excluding steroid dienone is 1. The van der Waals surface area contributed by atoms with Gasteiger partial charge in [0.05, 0.1) is 0 Å². The number of carbonyl (C=O) groups excluding carboxylic acids is 1. The number of aldehydes is 1. The number of pyridine rings is 1. The molecule has 0 bridgehead atoms. The standard InChI is InChI=1S/C15H14N2O/c16-9-13-5-2-1-4-12(13)8-15(11-18)14-6-3-7-17-10-14/h1-8,10-11H,9,16H2. The molecule has 0 saturated heterocycles. The van der Waals surface area contributed by atoms with Crippen molar-refractivity contribution >= 4 is 17.9 Å². The van der Waals surface area contributed by atoms with Crippen LogP contribution in [0.1, 0.15) is 16.7 Å². The van der Waals surface area contributed by atoms with Crippen LogP contribution >= 0.6 is 0 Å². The number of carbonyl (C=O) groups is 1. The Morgan fingerprint density at radius 1 is 1.22 bits per heavy atom. The number of benzene rings is 1. The number of hydrogen-bond donors (Lipinski definition) is 1. The largest absolute Gasteiger partial charge is 0.326 e. The summed E-state index contributed by atoms with van der Waals surface area (Å²) in [5, 5.41) is 0. The lowest BCUT2D eigenvalue weighted by Crippen LogP contribution is -1.99. The summed E-state index contributed by atoms with van der Waals surface area (Å²) in [5.41, 5.74) is 9.06. The molecule has 0 aliphatic rings. The van der Waals surface area contributed by atoms with Gasteiger partial charge in [-0.25, -0.2) is 0 Å². The van der Waals surface area contributed by atoms with E-state index in [-0.39, 0.29) is 0 Å². The first kappa shape index (κ1) is 12.2. The summed E-state index contributed by atoms with van der Waals surface area (Å²) in [4.78, 5) is 15.2. The molecule has 0 unspecified atom stereocenters. The first-order chi connectivity index (χ1) is 8.85. The minimum Gasteiger partial charge on any atom is -0.326 e. The van der Waals surface area contributed by atoms with E-state index in [1.165, 1.54) is 0 Å². The predicted octanol–water partition coefficient (Wildman–Crippen LogP) is 2.28. The van der Waals surface area contributed by atoms with Crippen LogP contribution in [-0.2, 0) is 11.3 Å². The minimum atomic E-state index is 0.450. The minimum absolute atomic E-state index is 0.450. The fourth-order valence-electron chi connectivity index (χ4n) is 1.75. The average molecular weight is 238 g/mol. The highest BCUT2D eigenvalue weighted by Crippen LogP contribution is 2.17. The van der Waals surface area contributed by atoms with Crippen LogP contribution in [0, 0.1) is 0 Å². The molecule has 1 aromatic heterocycles. The van der Waals surface area contributed by atoms with Crippen LogP contribution in [0.2, 0.25) is 0 Å². The van der Waals surface area contributed by atoms with Crippen LogP contribution in [0.25, 0.3) is 11.6 Å². The molecule has 0 aliphatic heterocycles. The molecule has 3 heteroatoms. The number of nitrogens with zero attached hydrogens (tertiary/aromatic N) is 1. The zero-order valence-corrected chi connectivity index (χ0v) is 9.91. The van der Waals surface area contributed by atoms with Crippen LogP contribution in [-0.4, -0.2) is 11.3 Å². The molecule has 0 spiro atoms. The van der Waals surface area contributed by atoms with Gasteiger partial charge in [0.25, 0.3) is 0 Å². The van der Waals surface area contributed by atoms with Gasteiger partial charge in [0, 0.05) is 30.1 Å². The fraction of sp³-hybridized carbons (Fsp3) is 0.0667. The van der Waals surface area contributed by atoms with Crippen LogP contribution in [0.15, 0.2) is 48.8 Å². The molecule has 1 aromatic carbocycles. The van der Waals surface area contributed by atoms with Gasteiger partial charge in [0.15, 0.2) is 6.29 Å². The van der Waals surface area contributed by atoms with Crippen LogP contribution in [0.4, 0.5) is 0 Å². The van der Waals surface area contributed by atoms with Crippen molar-refractivity contribution < 1.29 is 4.79 Å². The molecule has 18 heavy (non-hydrogen) atoms. The van der Waals surface area contributed by atoms with Crippen molar-refractivity contribution in [3.8, 4) is 0 Å². The molecule has 2 aromatic rings. The van der Waals surface area contributed by atoms with Crippen molar-refractivity contribution in [2.45, 2.75) is 6.54 Å². The summed E-state index contributed by atoms with van der Waals surface area (Å²) < 4.78 is 0. The van der Waals surface area contributed by atoms with Crippen molar-refractivity contribution in [3.63, 3.8) is 0 Å². The summed E-state index contributed by atoms with van der Waals surface area (Å²) in [6.07, 6.45) is 6.03. The molecule has 0 atom stereocenters. The summed E-state index contributed by atoms with van der Waals surface area (Å²) in [6, 6.07) is 11.4. The van der Waals surface area contributed by atoms with Gasteiger partial charge in [0.2, 0.25) is 0 Å². The lowest BCUT2D eigenvalue weighted by atomic mass is 10.0. The molecule has 2 N–H and O–H groups in total. The van der Waals surface area contributed by atoms with Gasteiger partial charge in [-0.05, 0) is 23.3 Å². The highest BCUT2D eigenvalue weighted by Gasteiger charge is 2.02. The number of nitrogens with two attached hydrogens (primary N) is 1. The summed E-state index contributed by atoms with van der Waals surface area (Å²) in [6.45, 7) is 0.450. The highest BCUT2D eigenvalue weighted by molar-refractivity contribution is 6.13. The SMILES string of the molecule is NCc1ccccc1C=C(C=O)c1cccnc1. The Morgan fingerprint density at radius 2 is 2.06 bits per heavy atom. The first-order valence-electron chi connectivity index (χ1n) is 5.70. The van der Waals surface area contributed by atoms with E-state index >= 15 is 0 Å². The molecular formula is C15H14N2O.